The van der Waals surface area contributed by atoms with Crippen LogP contribution in [-0.4, -0.2) is 5.91 Å². The molecule has 0 radical (unpaired) electrons. The van der Waals surface area contributed by atoms with E-state index in [2.05, 4.69) is 28.8 Å². The van der Waals surface area contributed by atoms with E-state index in [1.54, 1.807) is 11.3 Å². The number of carbonyl (C=O) groups is 1. The third kappa shape index (κ3) is 2.62. The minimum atomic E-state index is 0.0184. The van der Waals surface area contributed by atoms with Gasteiger partial charge >= 0.3 is 0 Å². The van der Waals surface area contributed by atoms with Crippen LogP contribution in [0, 0.1) is 13.8 Å². The van der Waals surface area contributed by atoms with Crippen LogP contribution in [0.2, 0.25) is 0 Å². The Hall–Kier alpha value is -1.65. The summed E-state index contributed by atoms with van der Waals surface area (Å²) in [6.45, 7) is 6.55. The molecule has 1 aromatic carbocycles. The molecule has 1 aromatic heterocycles. The molecular formula is C16H18N2OS. The van der Waals surface area contributed by atoms with Crippen molar-refractivity contribution < 1.29 is 4.79 Å². The summed E-state index contributed by atoms with van der Waals surface area (Å²) >= 11 is 1.56. The largest absolute Gasteiger partial charge is 0.347 e. The first-order chi connectivity index (χ1) is 9.63. The average Bonchev–Trinajstić information content (AvgIpc) is 3.03. The van der Waals surface area contributed by atoms with Gasteiger partial charge in [0.2, 0.25) is 0 Å². The highest BCUT2D eigenvalue weighted by atomic mass is 32.1. The Labute approximate surface area is 123 Å². The van der Waals surface area contributed by atoms with E-state index in [4.69, 9.17) is 0 Å². The lowest BCUT2D eigenvalue weighted by atomic mass is 10.1. The van der Waals surface area contributed by atoms with E-state index < -0.39 is 0 Å². The number of rotatable bonds is 3. The van der Waals surface area contributed by atoms with E-state index >= 15 is 0 Å². The summed E-state index contributed by atoms with van der Waals surface area (Å²) in [6.07, 6.45) is 0. The molecule has 2 heterocycles. The maximum Gasteiger partial charge on any atom is 0.261 e. The first-order valence-corrected chi connectivity index (χ1v) is 7.62. The highest BCUT2D eigenvalue weighted by Crippen LogP contribution is 2.21. The molecule has 0 unspecified atom stereocenters. The van der Waals surface area contributed by atoms with Crippen LogP contribution in [0.1, 0.15) is 36.8 Å². The summed E-state index contributed by atoms with van der Waals surface area (Å²) in [5.41, 5.74) is 5.05. The Morgan fingerprint density at radius 2 is 2.05 bits per heavy atom. The number of fused-ring (bicyclic) bond motifs is 1. The van der Waals surface area contributed by atoms with E-state index in [0.717, 1.165) is 23.5 Å². The first-order valence-electron chi connectivity index (χ1n) is 6.80. The second-order valence-corrected chi connectivity index (χ2v) is 6.50. The molecule has 1 aliphatic rings. The van der Waals surface area contributed by atoms with Crippen molar-refractivity contribution in [2.45, 2.75) is 33.5 Å². The van der Waals surface area contributed by atoms with Gasteiger partial charge in [-0.1, -0.05) is 18.2 Å². The molecule has 0 spiro atoms. The Bertz CT molecular complexity index is 641. The van der Waals surface area contributed by atoms with Crippen LogP contribution >= 0.6 is 11.3 Å². The highest BCUT2D eigenvalue weighted by Gasteiger charge is 2.12. The van der Waals surface area contributed by atoms with Gasteiger partial charge in [0, 0.05) is 24.5 Å². The van der Waals surface area contributed by atoms with Gasteiger partial charge in [0.15, 0.2) is 0 Å². The SMILES string of the molecule is Cc1cc(C(=O)NCc2ccc3c(c2)CNC3)sc1C. The molecule has 20 heavy (non-hydrogen) atoms. The number of carbonyl (C=O) groups excluding carboxylic acids is 1. The van der Waals surface area contributed by atoms with Crippen LogP contribution in [-0.2, 0) is 19.6 Å². The molecule has 3 rings (SSSR count). The van der Waals surface area contributed by atoms with Gasteiger partial charge < -0.3 is 10.6 Å². The van der Waals surface area contributed by atoms with Crippen molar-refractivity contribution in [3.63, 3.8) is 0 Å². The third-order valence-corrected chi connectivity index (χ3v) is 4.90. The molecule has 4 heteroatoms. The van der Waals surface area contributed by atoms with Crippen LogP contribution in [0.4, 0.5) is 0 Å². The summed E-state index contributed by atoms with van der Waals surface area (Å²) in [5.74, 6) is 0.0184. The summed E-state index contributed by atoms with van der Waals surface area (Å²) in [6, 6.07) is 8.38. The van der Waals surface area contributed by atoms with E-state index in [1.165, 1.54) is 21.6 Å². The van der Waals surface area contributed by atoms with Crippen molar-refractivity contribution in [1.82, 2.24) is 10.6 Å². The fraction of sp³-hybridized carbons (Fsp3) is 0.312. The van der Waals surface area contributed by atoms with Crippen molar-refractivity contribution in [3.05, 3.63) is 56.3 Å². The number of benzene rings is 1. The van der Waals surface area contributed by atoms with Crippen LogP contribution < -0.4 is 10.6 Å². The molecule has 0 bridgehead atoms. The molecule has 0 atom stereocenters. The van der Waals surface area contributed by atoms with Gasteiger partial charge in [-0.25, -0.2) is 0 Å². The van der Waals surface area contributed by atoms with Gasteiger partial charge in [-0.3, -0.25) is 4.79 Å². The van der Waals surface area contributed by atoms with Crippen molar-refractivity contribution >= 4 is 17.2 Å². The molecule has 104 valence electrons. The average molecular weight is 286 g/mol. The van der Waals surface area contributed by atoms with Gasteiger partial charge in [0.1, 0.15) is 0 Å². The van der Waals surface area contributed by atoms with Crippen molar-refractivity contribution in [2.75, 3.05) is 0 Å². The molecule has 1 amide bonds. The monoisotopic (exact) mass is 286 g/mol. The third-order valence-electron chi connectivity index (χ3n) is 3.74. The summed E-state index contributed by atoms with van der Waals surface area (Å²) in [4.78, 5) is 14.1. The van der Waals surface area contributed by atoms with Crippen LogP contribution in [0.3, 0.4) is 0 Å². The zero-order valence-corrected chi connectivity index (χ0v) is 12.6. The summed E-state index contributed by atoms with van der Waals surface area (Å²) in [7, 11) is 0. The smallest absolute Gasteiger partial charge is 0.261 e. The zero-order chi connectivity index (χ0) is 14.1. The van der Waals surface area contributed by atoms with E-state index in [-0.39, 0.29) is 5.91 Å². The van der Waals surface area contributed by atoms with E-state index in [0.29, 0.717) is 6.54 Å². The van der Waals surface area contributed by atoms with Crippen LogP contribution in [0.5, 0.6) is 0 Å². The van der Waals surface area contributed by atoms with Gasteiger partial charge in [-0.2, -0.15) is 0 Å². The first kappa shape index (κ1) is 13.3. The minimum Gasteiger partial charge on any atom is -0.347 e. The Balaban J connectivity index is 1.66. The maximum absolute atomic E-state index is 12.1. The van der Waals surface area contributed by atoms with Gasteiger partial charge in [-0.15, -0.1) is 11.3 Å². The maximum atomic E-state index is 12.1. The predicted molar refractivity (Wildman–Crippen MR) is 81.9 cm³/mol. The van der Waals surface area contributed by atoms with Crippen molar-refractivity contribution in [3.8, 4) is 0 Å². The fourth-order valence-electron chi connectivity index (χ4n) is 2.41. The Morgan fingerprint density at radius 1 is 1.25 bits per heavy atom. The Kier molecular flexibility index (Phi) is 3.59. The topological polar surface area (TPSA) is 41.1 Å². The quantitative estimate of drug-likeness (QED) is 0.911. The van der Waals surface area contributed by atoms with Gasteiger partial charge in [-0.05, 0) is 42.2 Å². The van der Waals surface area contributed by atoms with E-state index in [9.17, 15) is 4.79 Å². The number of hydrogen-bond donors (Lipinski definition) is 2. The van der Waals surface area contributed by atoms with Crippen LogP contribution in [0.15, 0.2) is 24.3 Å². The summed E-state index contributed by atoms with van der Waals surface area (Å²) < 4.78 is 0. The molecule has 0 aliphatic carbocycles. The van der Waals surface area contributed by atoms with Crippen LogP contribution in [0.25, 0.3) is 0 Å². The van der Waals surface area contributed by atoms with Crippen molar-refractivity contribution in [2.24, 2.45) is 0 Å². The lowest BCUT2D eigenvalue weighted by molar-refractivity contribution is 0.0955. The lowest BCUT2D eigenvalue weighted by Crippen LogP contribution is -2.21. The van der Waals surface area contributed by atoms with Gasteiger partial charge in [0.05, 0.1) is 4.88 Å². The van der Waals surface area contributed by atoms with E-state index in [1.807, 2.05) is 19.9 Å². The summed E-state index contributed by atoms with van der Waals surface area (Å²) in [5, 5.41) is 6.33. The number of nitrogens with one attached hydrogen (secondary N) is 2. The number of aryl methyl sites for hydroxylation is 2. The molecule has 1 aliphatic heterocycles. The minimum absolute atomic E-state index is 0.0184. The number of amides is 1. The molecule has 0 saturated carbocycles. The second kappa shape index (κ2) is 5.38. The van der Waals surface area contributed by atoms with Gasteiger partial charge in [0.25, 0.3) is 5.91 Å². The Morgan fingerprint density at radius 3 is 2.80 bits per heavy atom. The molecule has 0 fully saturated rings. The molecule has 3 nitrogen and oxygen atoms in total. The second-order valence-electron chi connectivity index (χ2n) is 5.24. The standard InChI is InChI=1S/C16H18N2OS/c1-10-5-15(20-11(10)2)16(19)18-7-12-3-4-13-8-17-9-14(13)6-12/h3-6,17H,7-9H2,1-2H3,(H,18,19). The normalized spacial score (nSPS) is 13.3. The molecule has 2 N–H and O–H groups in total. The number of hydrogen-bond acceptors (Lipinski definition) is 3. The molecular weight excluding hydrogens is 268 g/mol. The molecule has 0 saturated heterocycles. The molecule has 2 aromatic rings. The highest BCUT2D eigenvalue weighted by molar-refractivity contribution is 7.14. The van der Waals surface area contributed by atoms with Crippen molar-refractivity contribution in [1.29, 1.82) is 0 Å². The lowest BCUT2D eigenvalue weighted by Gasteiger charge is -2.06. The number of thiophene rings is 1. The fourth-order valence-corrected chi connectivity index (χ4v) is 3.36. The zero-order valence-electron chi connectivity index (χ0n) is 11.7. The predicted octanol–water partition coefficient (Wildman–Crippen LogP) is 2.90.